The standard InChI is InChI=1S/C5H12NO.C5H11N.BrH.ClH/c1-5(7)6(2,3)4;1-4-5-6(2)3;;/h1-4H3;4H,1,5H2,2-3H3;2*1H/q+1;;;/p-1. The molecule has 0 aliphatic rings. The summed E-state index contributed by atoms with van der Waals surface area (Å²) in [6, 6.07) is 0. The highest BCUT2D eigenvalue weighted by Gasteiger charge is 2.11. The van der Waals surface area contributed by atoms with Gasteiger partial charge in [0.2, 0.25) is 0 Å². The molecule has 0 aromatic rings. The van der Waals surface area contributed by atoms with E-state index in [2.05, 4.69) is 11.5 Å². The monoisotopic (exact) mass is 302 g/mol. The van der Waals surface area contributed by atoms with Gasteiger partial charge >= 0.3 is 5.91 Å². The Morgan fingerprint density at radius 3 is 1.60 bits per heavy atom. The quantitative estimate of drug-likeness (QED) is 0.452. The van der Waals surface area contributed by atoms with E-state index in [0.717, 1.165) is 6.54 Å². The van der Waals surface area contributed by atoms with Crippen molar-refractivity contribution in [1.29, 1.82) is 0 Å². The summed E-state index contributed by atoms with van der Waals surface area (Å²) < 4.78 is 0.417. The second-order valence-electron chi connectivity index (χ2n) is 4.08. The number of amides is 1. The van der Waals surface area contributed by atoms with Crippen molar-refractivity contribution in [3.8, 4) is 0 Å². The molecule has 3 nitrogen and oxygen atoms in total. The summed E-state index contributed by atoms with van der Waals surface area (Å²) in [5, 5.41) is 0. The highest BCUT2D eigenvalue weighted by Crippen LogP contribution is 1.87. The molecule has 0 radical (unpaired) electrons. The van der Waals surface area contributed by atoms with Crippen molar-refractivity contribution in [3.63, 3.8) is 0 Å². The lowest BCUT2D eigenvalue weighted by Crippen LogP contribution is -3.00. The number of nitrogens with zero attached hydrogens (tertiary/aromatic N) is 2. The van der Waals surface area contributed by atoms with Gasteiger partial charge in [0, 0.05) is 6.54 Å². The normalized spacial score (nSPS) is 9.00. The average Bonchev–Trinajstić information content (AvgIpc) is 1.85. The van der Waals surface area contributed by atoms with E-state index < -0.39 is 0 Å². The first-order valence-corrected chi connectivity index (χ1v) is 4.30. The summed E-state index contributed by atoms with van der Waals surface area (Å²) in [7, 11) is 9.58. The maximum Gasteiger partial charge on any atom is 0.309 e. The third-order valence-electron chi connectivity index (χ3n) is 1.44. The molecule has 0 rings (SSSR count). The molecule has 0 aliphatic carbocycles. The molecule has 0 heterocycles. The lowest BCUT2D eigenvalue weighted by molar-refractivity contribution is -0.791. The summed E-state index contributed by atoms with van der Waals surface area (Å²) in [6.45, 7) is 6.11. The molecule has 0 bridgehead atoms. The van der Waals surface area contributed by atoms with Gasteiger partial charge in [0.05, 0.1) is 28.1 Å². The molecular weight excluding hydrogens is 279 g/mol. The lowest BCUT2D eigenvalue weighted by Gasteiger charge is -2.17. The second-order valence-corrected chi connectivity index (χ2v) is 4.08. The van der Waals surface area contributed by atoms with Gasteiger partial charge in [-0.3, -0.25) is 4.48 Å². The minimum Gasteiger partial charge on any atom is -1.00 e. The molecule has 1 amide bonds. The van der Waals surface area contributed by atoms with E-state index in [1.54, 1.807) is 6.92 Å². The fourth-order valence-corrected chi connectivity index (χ4v) is 0.258. The minimum absolute atomic E-state index is 0. The van der Waals surface area contributed by atoms with E-state index >= 15 is 0 Å². The molecular formula is C10H24BrClN2O. The lowest BCUT2D eigenvalue weighted by atomic mass is 10.5. The third-order valence-corrected chi connectivity index (χ3v) is 1.44. The highest BCUT2D eigenvalue weighted by molar-refractivity contribution is 5.85. The Balaban J connectivity index is -0.0000000718. The number of carbonyl (C=O) groups excluding carboxylic acids is 1. The molecule has 15 heavy (non-hydrogen) atoms. The summed E-state index contributed by atoms with van der Waals surface area (Å²) in [5.74, 6) is 0.181. The van der Waals surface area contributed by atoms with Gasteiger partial charge in [-0.15, -0.1) is 19.0 Å². The Hall–Kier alpha value is 0.1000. The molecule has 0 saturated carbocycles. The largest absolute Gasteiger partial charge is 1.00 e. The van der Waals surface area contributed by atoms with Gasteiger partial charge in [-0.2, -0.15) is 0 Å². The molecule has 0 fully saturated rings. The van der Waals surface area contributed by atoms with Gasteiger partial charge in [-0.1, -0.05) is 6.08 Å². The van der Waals surface area contributed by atoms with Crippen molar-refractivity contribution < 1.29 is 26.3 Å². The van der Waals surface area contributed by atoms with Crippen LogP contribution in [-0.4, -0.2) is 57.1 Å². The maximum absolute atomic E-state index is 10.4. The molecule has 0 unspecified atom stereocenters. The van der Waals surface area contributed by atoms with Crippen molar-refractivity contribution in [2.24, 2.45) is 0 Å². The zero-order chi connectivity index (χ0) is 11.1. The predicted molar refractivity (Wildman–Crippen MR) is 64.7 cm³/mol. The molecule has 0 atom stereocenters. The van der Waals surface area contributed by atoms with Crippen LogP contribution < -0.4 is 17.0 Å². The summed E-state index contributed by atoms with van der Waals surface area (Å²) >= 11 is 0. The Morgan fingerprint density at radius 2 is 1.60 bits per heavy atom. The van der Waals surface area contributed by atoms with Crippen molar-refractivity contribution in [1.82, 2.24) is 4.90 Å². The van der Waals surface area contributed by atoms with Gasteiger partial charge in [0.15, 0.2) is 0 Å². The van der Waals surface area contributed by atoms with Crippen LogP contribution >= 0.6 is 12.4 Å². The molecule has 0 N–H and O–H groups in total. The SMILES string of the molecule is C=CCN(C)C.CC(=O)[N+](C)(C)C.Cl.[Br-]. The van der Waals surface area contributed by atoms with E-state index in [0.29, 0.717) is 4.48 Å². The first-order chi connectivity index (χ1) is 5.71. The van der Waals surface area contributed by atoms with Crippen molar-refractivity contribution in [3.05, 3.63) is 12.7 Å². The molecule has 0 aromatic carbocycles. The topological polar surface area (TPSA) is 20.3 Å². The van der Waals surface area contributed by atoms with Gasteiger partial charge in [0.25, 0.3) is 0 Å². The number of hydrogen-bond acceptors (Lipinski definition) is 2. The van der Waals surface area contributed by atoms with Gasteiger partial charge in [-0.25, -0.2) is 4.79 Å². The molecule has 94 valence electrons. The Labute approximate surface area is 111 Å². The van der Waals surface area contributed by atoms with Crippen molar-refractivity contribution in [2.75, 3.05) is 41.8 Å². The van der Waals surface area contributed by atoms with Crippen LogP contribution in [0, 0.1) is 0 Å². The van der Waals surface area contributed by atoms with E-state index in [1.807, 2.05) is 41.3 Å². The number of hydrogen-bond donors (Lipinski definition) is 0. The Kier molecular flexibility index (Phi) is 19.8. The smallest absolute Gasteiger partial charge is 0.309 e. The summed E-state index contributed by atoms with van der Waals surface area (Å²) in [6.07, 6.45) is 1.88. The Morgan fingerprint density at radius 1 is 1.33 bits per heavy atom. The number of halogens is 2. The molecule has 5 heteroatoms. The van der Waals surface area contributed by atoms with Crippen LogP contribution in [0.25, 0.3) is 0 Å². The van der Waals surface area contributed by atoms with Crippen molar-refractivity contribution >= 4 is 18.3 Å². The van der Waals surface area contributed by atoms with Crippen LogP contribution in [0.2, 0.25) is 0 Å². The molecule has 0 aliphatic heterocycles. The first kappa shape index (κ1) is 24.4. The molecule has 0 aromatic heterocycles. The number of rotatable bonds is 2. The molecule has 0 saturated heterocycles. The zero-order valence-electron chi connectivity index (χ0n) is 10.6. The van der Waals surface area contributed by atoms with E-state index in [4.69, 9.17) is 0 Å². The second kappa shape index (κ2) is 12.2. The number of likely N-dealkylation sites (N-methyl/N-ethyl adjacent to an activating group) is 1. The maximum atomic E-state index is 10.4. The average molecular weight is 304 g/mol. The number of carbonyl (C=O) groups is 1. The van der Waals surface area contributed by atoms with E-state index in [9.17, 15) is 4.79 Å². The van der Waals surface area contributed by atoms with Gasteiger partial charge < -0.3 is 21.9 Å². The van der Waals surface area contributed by atoms with Crippen LogP contribution in [0.15, 0.2) is 12.7 Å². The van der Waals surface area contributed by atoms with Crippen LogP contribution in [0.5, 0.6) is 0 Å². The van der Waals surface area contributed by atoms with Crippen molar-refractivity contribution in [2.45, 2.75) is 6.92 Å². The van der Waals surface area contributed by atoms with Crippen LogP contribution in [0.4, 0.5) is 0 Å². The van der Waals surface area contributed by atoms with E-state index in [-0.39, 0.29) is 35.3 Å². The van der Waals surface area contributed by atoms with E-state index in [1.165, 1.54) is 0 Å². The molecule has 0 spiro atoms. The Bertz CT molecular complexity index is 167. The first-order valence-electron chi connectivity index (χ1n) is 4.30. The fourth-order valence-electron chi connectivity index (χ4n) is 0.258. The van der Waals surface area contributed by atoms with Crippen LogP contribution in [0.1, 0.15) is 6.92 Å². The van der Waals surface area contributed by atoms with Gasteiger partial charge in [-0.05, 0) is 14.1 Å². The van der Waals surface area contributed by atoms with Crippen LogP contribution in [0.3, 0.4) is 0 Å². The predicted octanol–water partition coefficient (Wildman–Crippen LogP) is -1.60. The number of quaternary nitrogens is 1. The third kappa shape index (κ3) is 24.9. The zero-order valence-corrected chi connectivity index (χ0v) is 13.0. The summed E-state index contributed by atoms with van der Waals surface area (Å²) in [4.78, 5) is 12.5. The van der Waals surface area contributed by atoms with Crippen LogP contribution in [-0.2, 0) is 4.79 Å². The highest BCUT2D eigenvalue weighted by atomic mass is 79.9. The fraction of sp³-hybridized carbons (Fsp3) is 0.700. The van der Waals surface area contributed by atoms with Gasteiger partial charge in [0.1, 0.15) is 0 Å². The summed E-state index contributed by atoms with van der Waals surface area (Å²) in [5.41, 5.74) is 0. The minimum atomic E-state index is 0.